The summed E-state index contributed by atoms with van der Waals surface area (Å²) in [6.07, 6.45) is 3.42. The fourth-order valence-electron chi connectivity index (χ4n) is 2.86. The van der Waals surface area contributed by atoms with Gasteiger partial charge in [-0.1, -0.05) is 6.07 Å². The molecule has 0 fully saturated rings. The molecule has 3 heterocycles. The van der Waals surface area contributed by atoms with Crippen LogP contribution in [0.5, 0.6) is 0 Å². The maximum atomic E-state index is 12.3. The Morgan fingerprint density at radius 2 is 2.19 bits per heavy atom. The monoisotopic (exact) mass is 349 g/mol. The SMILES string of the molecule is CC(C)n1cnc2ccc(CNC(=O)c3cc(-c4ccco4)[nH]n3)cc21. The van der Waals surface area contributed by atoms with E-state index in [9.17, 15) is 4.79 Å². The topological polar surface area (TPSA) is 88.7 Å². The number of H-pyrrole nitrogens is 1. The average Bonchev–Trinajstić information content (AvgIpc) is 3.38. The summed E-state index contributed by atoms with van der Waals surface area (Å²) in [5, 5.41) is 9.76. The van der Waals surface area contributed by atoms with Crippen molar-refractivity contribution in [3.63, 3.8) is 0 Å². The molecule has 0 aliphatic carbocycles. The predicted octanol–water partition coefficient (Wildman–Crippen LogP) is 3.53. The van der Waals surface area contributed by atoms with E-state index in [0.29, 0.717) is 29.7 Å². The summed E-state index contributed by atoms with van der Waals surface area (Å²) in [6, 6.07) is 11.6. The number of hydrogen-bond acceptors (Lipinski definition) is 4. The van der Waals surface area contributed by atoms with Gasteiger partial charge in [0.25, 0.3) is 5.91 Å². The molecule has 0 aliphatic heterocycles. The summed E-state index contributed by atoms with van der Waals surface area (Å²) in [6.45, 7) is 4.65. The summed E-state index contributed by atoms with van der Waals surface area (Å²) in [7, 11) is 0. The van der Waals surface area contributed by atoms with E-state index in [1.54, 1.807) is 18.4 Å². The highest BCUT2D eigenvalue weighted by Crippen LogP contribution is 2.20. The molecular formula is C19H19N5O2. The van der Waals surface area contributed by atoms with Gasteiger partial charge in [0.05, 0.1) is 23.6 Å². The highest BCUT2D eigenvalue weighted by molar-refractivity contribution is 5.93. The standard InChI is InChI=1S/C19H19N5O2/c1-12(2)24-11-21-14-6-5-13(8-17(14)24)10-20-19(25)16-9-15(22-23-16)18-4-3-7-26-18/h3-9,11-12H,10H2,1-2H3,(H,20,25)(H,22,23). The summed E-state index contributed by atoms with van der Waals surface area (Å²) >= 11 is 0. The highest BCUT2D eigenvalue weighted by atomic mass is 16.3. The zero-order valence-corrected chi connectivity index (χ0v) is 14.6. The van der Waals surface area contributed by atoms with E-state index in [1.807, 2.05) is 24.5 Å². The summed E-state index contributed by atoms with van der Waals surface area (Å²) in [4.78, 5) is 16.8. The normalized spacial score (nSPS) is 11.3. The van der Waals surface area contributed by atoms with E-state index in [2.05, 4.69) is 45.0 Å². The second kappa shape index (κ2) is 6.51. The zero-order chi connectivity index (χ0) is 18.1. The van der Waals surface area contributed by atoms with E-state index in [0.717, 1.165) is 16.6 Å². The number of carbonyl (C=O) groups is 1. The predicted molar refractivity (Wildman–Crippen MR) is 97.6 cm³/mol. The van der Waals surface area contributed by atoms with Crippen LogP contribution in [-0.2, 0) is 6.54 Å². The van der Waals surface area contributed by atoms with Gasteiger partial charge in [0.1, 0.15) is 5.69 Å². The minimum absolute atomic E-state index is 0.239. The van der Waals surface area contributed by atoms with E-state index in [1.165, 1.54) is 0 Å². The number of hydrogen-bond donors (Lipinski definition) is 2. The molecular weight excluding hydrogens is 330 g/mol. The number of fused-ring (bicyclic) bond motifs is 1. The zero-order valence-electron chi connectivity index (χ0n) is 14.6. The van der Waals surface area contributed by atoms with Crippen LogP contribution in [0.1, 0.15) is 35.9 Å². The second-order valence-corrected chi connectivity index (χ2v) is 6.40. The number of amides is 1. The molecule has 0 bridgehead atoms. The van der Waals surface area contributed by atoms with Crippen molar-refractivity contribution in [1.82, 2.24) is 25.1 Å². The molecule has 0 atom stereocenters. The number of nitrogens with zero attached hydrogens (tertiary/aromatic N) is 3. The molecule has 4 aromatic rings. The molecule has 0 radical (unpaired) electrons. The molecule has 7 heteroatoms. The van der Waals surface area contributed by atoms with E-state index >= 15 is 0 Å². The van der Waals surface area contributed by atoms with Crippen LogP contribution in [0.2, 0.25) is 0 Å². The first-order chi connectivity index (χ1) is 12.6. The first-order valence-electron chi connectivity index (χ1n) is 8.45. The van der Waals surface area contributed by atoms with Gasteiger partial charge in [0, 0.05) is 18.7 Å². The Morgan fingerprint density at radius 1 is 1.31 bits per heavy atom. The van der Waals surface area contributed by atoms with Crippen molar-refractivity contribution in [2.24, 2.45) is 0 Å². The van der Waals surface area contributed by atoms with Crippen LogP contribution >= 0.6 is 0 Å². The van der Waals surface area contributed by atoms with Crippen LogP contribution in [0.15, 0.2) is 53.4 Å². The van der Waals surface area contributed by atoms with Crippen molar-refractivity contribution in [1.29, 1.82) is 0 Å². The molecule has 7 nitrogen and oxygen atoms in total. The molecule has 132 valence electrons. The van der Waals surface area contributed by atoms with Crippen molar-refractivity contribution in [2.45, 2.75) is 26.4 Å². The van der Waals surface area contributed by atoms with Crippen LogP contribution in [0.3, 0.4) is 0 Å². The number of imidazole rings is 1. The lowest BCUT2D eigenvalue weighted by Gasteiger charge is -2.09. The van der Waals surface area contributed by atoms with Gasteiger partial charge in [-0.25, -0.2) is 4.98 Å². The van der Waals surface area contributed by atoms with Crippen molar-refractivity contribution in [2.75, 3.05) is 0 Å². The Bertz CT molecular complexity index is 1040. The molecule has 2 N–H and O–H groups in total. The molecule has 4 rings (SSSR count). The maximum absolute atomic E-state index is 12.3. The van der Waals surface area contributed by atoms with E-state index in [-0.39, 0.29) is 5.91 Å². The molecule has 1 aromatic carbocycles. The van der Waals surface area contributed by atoms with E-state index in [4.69, 9.17) is 4.42 Å². The fourth-order valence-corrected chi connectivity index (χ4v) is 2.86. The van der Waals surface area contributed by atoms with Gasteiger partial charge in [0.2, 0.25) is 0 Å². The van der Waals surface area contributed by atoms with Gasteiger partial charge in [-0.05, 0) is 43.7 Å². The first kappa shape index (κ1) is 16.1. The Morgan fingerprint density at radius 3 is 2.96 bits per heavy atom. The maximum Gasteiger partial charge on any atom is 0.272 e. The minimum atomic E-state index is -0.239. The van der Waals surface area contributed by atoms with Crippen molar-refractivity contribution in [3.05, 3.63) is 60.2 Å². The van der Waals surface area contributed by atoms with Crippen LogP contribution in [0.25, 0.3) is 22.5 Å². The molecule has 26 heavy (non-hydrogen) atoms. The average molecular weight is 349 g/mol. The molecule has 0 spiro atoms. The third kappa shape index (κ3) is 2.99. The number of furan rings is 1. The Hall–Kier alpha value is -3.35. The van der Waals surface area contributed by atoms with Crippen molar-refractivity contribution in [3.8, 4) is 11.5 Å². The first-order valence-corrected chi connectivity index (χ1v) is 8.45. The quantitative estimate of drug-likeness (QED) is 0.577. The molecule has 1 amide bonds. The number of benzene rings is 1. The lowest BCUT2D eigenvalue weighted by Crippen LogP contribution is -2.23. The van der Waals surface area contributed by atoms with Gasteiger partial charge in [-0.2, -0.15) is 5.10 Å². The van der Waals surface area contributed by atoms with Crippen LogP contribution in [0, 0.1) is 0 Å². The van der Waals surface area contributed by atoms with Crippen LogP contribution in [0.4, 0.5) is 0 Å². The molecule has 0 unspecified atom stereocenters. The van der Waals surface area contributed by atoms with Crippen LogP contribution in [-0.4, -0.2) is 25.7 Å². The molecule has 0 saturated carbocycles. The lowest BCUT2D eigenvalue weighted by atomic mass is 10.2. The number of rotatable bonds is 5. The smallest absolute Gasteiger partial charge is 0.272 e. The number of aromatic nitrogens is 4. The third-order valence-electron chi connectivity index (χ3n) is 4.25. The van der Waals surface area contributed by atoms with Crippen LogP contribution < -0.4 is 5.32 Å². The Balaban J connectivity index is 1.47. The summed E-state index contributed by atoms with van der Waals surface area (Å²) in [5.74, 6) is 0.403. The van der Waals surface area contributed by atoms with Gasteiger partial charge >= 0.3 is 0 Å². The number of carbonyl (C=O) groups excluding carboxylic acids is 1. The number of nitrogens with one attached hydrogen (secondary N) is 2. The fraction of sp³-hybridized carbons (Fsp3) is 0.211. The lowest BCUT2D eigenvalue weighted by molar-refractivity contribution is 0.0946. The summed E-state index contributed by atoms with van der Waals surface area (Å²) in [5.41, 5.74) is 4.01. The van der Waals surface area contributed by atoms with E-state index < -0.39 is 0 Å². The van der Waals surface area contributed by atoms with Crippen molar-refractivity contribution < 1.29 is 9.21 Å². The summed E-state index contributed by atoms with van der Waals surface area (Å²) < 4.78 is 7.41. The van der Waals surface area contributed by atoms with Gasteiger partial charge in [-0.15, -0.1) is 0 Å². The van der Waals surface area contributed by atoms with Gasteiger partial charge < -0.3 is 14.3 Å². The van der Waals surface area contributed by atoms with Crippen molar-refractivity contribution >= 4 is 16.9 Å². The Kier molecular flexibility index (Phi) is 4.04. The van der Waals surface area contributed by atoms with Gasteiger partial charge in [0.15, 0.2) is 11.5 Å². The third-order valence-corrected chi connectivity index (χ3v) is 4.25. The molecule has 3 aromatic heterocycles. The molecule has 0 aliphatic rings. The number of aromatic amines is 1. The largest absolute Gasteiger partial charge is 0.463 e. The minimum Gasteiger partial charge on any atom is -0.463 e. The Labute approximate surface area is 150 Å². The van der Waals surface area contributed by atoms with Gasteiger partial charge in [-0.3, -0.25) is 9.89 Å². The highest BCUT2D eigenvalue weighted by Gasteiger charge is 2.13. The molecule has 0 saturated heterocycles. The second-order valence-electron chi connectivity index (χ2n) is 6.40.